The van der Waals surface area contributed by atoms with Crippen molar-refractivity contribution in [3.8, 4) is 0 Å². The number of carbonyl (C=O) groups excluding carboxylic acids is 2. The lowest BCUT2D eigenvalue weighted by molar-refractivity contribution is -0.862. The molecule has 0 bridgehead atoms. The summed E-state index contributed by atoms with van der Waals surface area (Å²) in [5.74, 6) is -0.284. The van der Waals surface area contributed by atoms with Crippen molar-refractivity contribution < 1.29 is 14.5 Å². The van der Waals surface area contributed by atoms with E-state index in [0.29, 0.717) is 22.3 Å². The fraction of sp³-hybridized carbons (Fsp3) is 0.300. The SMILES string of the molecule is Cc1ccc(CN(C)C(=O)C[NH+](C)CC(=O)Nc2c(Cl)cccc2Cl)cc1. The summed E-state index contributed by atoms with van der Waals surface area (Å²) in [6.07, 6.45) is 0. The molecule has 0 saturated carbocycles. The maximum absolute atomic E-state index is 12.4. The van der Waals surface area contributed by atoms with Gasteiger partial charge in [0.15, 0.2) is 13.1 Å². The van der Waals surface area contributed by atoms with Gasteiger partial charge in [0.25, 0.3) is 11.8 Å². The zero-order valence-corrected chi connectivity index (χ0v) is 17.2. The molecule has 0 saturated heterocycles. The van der Waals surface area contributed by atoms with Crippen molar-refractivity contribution >= 4 is 40.7 Å². The van der Waals surface area contributed by atoms with E-state index < -0.39 is 0 Å². The molecule has 2 amide bonds. The number of halogens is 2. The van der Waals surface area contributed by atoms with Gasteiger partial charge < -0.3 is 15.1 Å². The molecule has 1 atom stereocenters. The van der Waals surface area contributed by atoms with Crippen molar-refractivity contribution in [1.82, 2.24) is 4.90 Å². The van der Waals surface area contributed by atoms with Crippen molar-refractivity contribution in [2.75, 3.05) is 32.5 Å². The average molecular weight is 409 g/mol. The van der Waals surface area contributed by atoms with Crippen molar-refractivity contribution in [2.24, 2.45) is 0 Å². The van der Waals surface area contributed by atoms with Gasteiger partial charge in [-0.2, -0.15) is 0 Å². The first-order chi connectivity index (χ1) is 12.8. The summed E-state index contributed by atoms with van der Waals surface area (Å²) in [4.78, 5) is 27.1. The van der Waals surface area contributed by atoms with E-state index in [-0.39, 0.29) is 24.9 Å². The lowest BCUT2D eigenvalue weighted by Crippen LogP contribution is -3.11. The van der Waals surface area contributed by atoms with E-state index in [1.54, 1.807) is 37.2 Å². The van der Waals surface area contributed by atoms with Gasteiger partial charge in [-0.3, -0.25) is 9.59 Å². The third-order valence-electron chi connectivity index (χ3n) is 4.11. The molecule has 144 valence electrons. The van der Waals surface area contributed by atoms with Crippen LogP contribution in [0.2, 0.25) is 10.0 Å². The van der Waals surface area contributed by atoms with Gasteiger partial charge in [0.2, 0.25) is 0 Å². The number of hydrogen-bond donors (Lipinski definition) is 2. The van der Waals surface area contributed by atoms with E-state index >= 15 is 0 Å². The lowest BCUT2D eigenvalue weighted by Gasteiger charge is -2.20. The van der Waals surface area contributed by atoms with E-state index in [2.05, 4.69) is 5.32 Å². The molecule has 0 aliphatic heterocycles. The van der Waals surface area contributed by atoms with Crippen LogP contribution in [0, 0.1) is 6.92 Å². The van der Waals surface area contributed by atoms with Gasteiger partial charge >= 0.3 is 0 Å². The molecule has 2 aromatic carbocycles. The van der Waals surface area contributed by atoms with Crippen LogP contribution in [-0.2, 0) is 16.1 Å². The normalized spacial score (nSPS) is 11.7. The van der Waals surface area contributed by atoms with E-state index in [1.807, 2.05) is 31.2 Å². The van der Waals surface area contributed by atoms with Crippen LogP contribution in [0.1, 0.15) is 11.1 Å². The number of nitrogens with one attached hydrogen (secondary N) is 2. The minimum Gasteiger partial charge on any atom is -0.337 e. The minimum atomic E-state index is -0.253. The molecule has 0 spiro atoms. The molecule has 0 aliphatic rings. The number of nitrogens with zero attached hydrogens (tertiary/aromatic N) is 1. The summed E-state index contributed by atoms with van der Waals surface area (Å²) in [7, 11) is 3.56. The minimum absolute atomic E-state index is 0.0309. The van der Waals surface area contributed by atoms with Crippen LogP contribution in [0.3, 0.4) is 0 Å². The second kappa shape index (κ2) is 9.74. The van der Waals surface area contributed by atoms with Crippen LogP contribution < -0.4 is 10.2 Å². The smallest absolute Gasteiger partial charge is 0.279 e. The highest BCUT2D eigenvalue weighted by Crippen LogP contribution is 2.29. The molecule has 2 aromatic rings. The fourth-order valence-electron chi connectivity index (χ4n) is 2.59. The Hall–Kier alpha value is -2.08. The Morgan fingerprint density at radius 1 is 1.04 bits per heavy atom. The van der Waals surface area contributed by atoms with Gasteiger partial charge in [-0.25, -0.2) is 0 Å². The molecule has 27 heavy (non-hydrogen) atoms. The Balaban J connectivity index is 1.84. The van der Waals surface area contributed by atoms with Crippen molar-refractivity contribution in [3.63, 3.8) is 0 Å². The first-order valence-corrected chi connectivity index (χ1v) is 9.36. The van der Waals surface area contributed by atoms with Gasteiger partial charge in [0.1, 0.15) is 0 Å². The Bertz CT molecular complexity index is 789. The van der Waals surface area contributed by atoms with E-state index in [1.165, 1.54) is 5.56 Å². The predicted molar refractivity (Wildman–Crippen MR) is 109 cm³/mol. The zero-order chi connectivity index (χ0) is 20.0. The van der Waals surface area contributed by atoms with E-state index in [9.17, 15) is 9.59 Å². The molecule has 0 aliphatic carbocycles. The number of benzene rings is 2. The summed E-state index contributed by atoms with van der Waals surface area (Å²) in [5, 5.41) is 3.46. The second-order valence-corrected chi connectivity index (χ2v) is 7.51. The summed E-state index contributed by atoms with van der Waals surface area (Å²) >= 11 is 12.1. The van der Waals surface area contributed by atoms with Crippen LogP contribution in [0.15, 0.2) is 42.5 Å². The summed E-state index contributed by atoms with van der Waals surface area (Å²) in [6, 6.07) is 13.1. The van der Waals surface area contributed by atoms with Gasteiger partial charge in [-0.15, -0.1) is 0 Å². The Labute approximate surface area is 169 Å². The largest absolute Gasteiger partial charge is 0.337 e. The van der Waals surface area contributed by atoms with Crippen molar-refractivity contribution in [3.05, 3.63) is 63.6 Å². The van der Waals surface area contributed by atoms with Crippen LogP contribution >= 0.6 is 23.2 Å². The number of para-hydroxylation sites is 1. The van der Waals surface area contributed by atoms with E-state index in [4.69, 9.17) is 23.2 Å². The first-order valence-electron chi connectivity index (χ1n) is 8.61. The van der Waals surface area contributed by atoms with Gasteiger partial charge in [-0.1, -0.05) is 59.1 Å². The molecule has 0 aromatic heterocycles. The maximum atomic E-state index is 12.4. The number of anilines is 1. The number of quaternary nitrogens is 1. The number of carbonyl (C=O) groups is 2. The Morgan fingerprint density at radius 2 is 1.63 bits per heavy atom. The number of hydrogen-bond acceptors (Lipinski definition) is 2. The monoisotopic (exact) mass is 408 g/mol. The van der Waals surface area contributed by atoms with Crippen LogP contribution in [0.4, 0.5) is 5.69 Å². The summed E-state index contributed by atoms with van der Waals surface area (Å²) in [5.41, 5.74) is 2.64. The molecular weight excluding hydrogens is 385 g/mol. The molecule has 0 fully saturated rings. The van der Waals surface area contributed by atoms with E-state index in [0.717, 1.165) is 10.5 Å². The van der Waals surface area contributed by atoms with Gasteiger partial charge in [-0.05, 0) is 24.6 Å². The quantitative estimate of drug-likeness (QED) is 0.738. The molecule has 2 rings (SSSR count). The fourth-order valence-corrected chi connectivity index (χ4v) is 3.08. The number of aryl methyl sites for hydroxylation is 1. The molecule has 7 heteroatoms. The third kappa shape index (κ3) is 6.54. The van der Waals surface area contributed by atoms with Gasteiger partial charge in [0, 0.05) is 13.6 Å². The van der Waals surface area contributed by atoms with Crippen LogP contribution in [0.25, 0.3) is 0 Å². The summed E-state index contributed by atoms with van der Waals surface area (Å²) in [6.45, 7) is 2.91. The first kappa shape index (κ1) is 21.2. The topological polar surface area (TPSA) is 53.9 Å². The average Bonchev–Trinajstić information content (AvgIpc) is 2.60. The zero-order valence-electron chi connectivity index (χ0n) is 15.7. The highest BCUT2D eigenvalue weighted by Gasteiger charge is 2.18. The number of amides is 2. The number of likely N-dealkylation sites (N-methyl/N-ethyl adjacent to an activating group) is 2. The molecule has 1 unspecified atom stereocenters. The Kier molecular flexibility index (Phi) is 7.66. The maximum Gasteiger partial charge on any atom is 0.279 e. The van der Waals surface area contributed by atoms with Crippen molar-refractivity contribution in [2.45, 2.75) is 13.5 Å². The highest BCUT2D eigenvalue weighted by atomic mass is 35.5. The molecule has 0 radical (unpaired) electrons. The molecule has 5 nitrogen and oxygen atoms in total. The second-order valence-electron chi connectivity index (χ2n) is 6.69. The number of rotatable bonds is 7. The highest BCUT2D eigenvalue weighted by molar-refractivity contribution is 6.39. The molecule has 2 N–H and O–H groups in total. The third-order valence-corrected chi connectivity index (χ3v) is 4.74. The molecule has 0 heterocycles. The Morgan fingerprint density at radius 3 is 2.22 bits per heavy atom. The summed E-state index contributed by atoms with van der Waals surface area (Å²) < 4.78 is 0. The lowest BCUT2D eigenvalue weighted by atomic mass is 10.1. The standard InChI is InChI=1S/C20H23Cl2N3O2/c1-14-7-9-15(10-8-14)11-25(3)19(27)13-24(2)12-18(26)23-20-16(21)5-4-6-17(20)22/h4-10H,11-13H2,1-3H3,(H,23,26)/p+1. The predicted octanol–water partition coefficient (Wildman–Crippen LogP) is 2.41. The molecular formula is C20H24Cl2N3O2+. The van der Waals surface area contributed by atoms with Crippen molar-refractivity contribution in [1.29, 1.82) is 0 Å². The van der Waals surface area contributed by atoms with Gasteiger partial charge in [0.05, 0.1) is 22.8 Å². The van der Waals surface area contributed by atoms with Crippen LogP contribution in [0.5, 0.6) is 0 Å². The van der Waals surface area contributed by atoms with Crippen LogP contribution in [-0.4, -0.2) is 43.9 Å².